The van der Waals surface area contributed by atoms with Gasteiger partial charge in [-0.15, -0.1) is 0 Å². The van der Waals surface area contributed by atoms with Crippen LogP contribution in [-0.2, 0) is 6.42 Å². The molecule has 0 amide bonds. The van der Waals surface area contributed by atoms with Crippen LogP contribution in [0, 0.1) is 11.8 Å². The van der Waals surface area contributed by atoms with Crippen molar-refractivity contribution in [2.45, 2.75) is 12.0 Å². The molecule has 0 fully saturated rings. The first-order valence-electron chi connectivity index (χ1n) is 7.80. The van der Waals surface area contributed by atoms with Gasteiger partial charge >= 0.3 is 0 Å². The van der Waals surface area contributed by atoms with Crippen molar-refractivity contribution in [2.75, 3.05) is 20.2 Å². The molecule has 0 saturated heterocycles. The smallest absolute Gasteiger partial charge is 0.231 e. The second-order valence-corrected chi connectivity index (χ2v) is 5.87. The van der Waals surface area contributed by atoms with Crippen molar-refractivity contribution in [1.29, 1.82) is 0 Å². The number of ether oxygens (including phenoxy) is 4. The van der Waals surface area contributed by atoms with E-state index in [1.165, 1.54) is 0 Å². The fourth-order valence-electron chi connectivity index (χ4n) is 2.69. The average molecular weight is 340 g/mol. The van der Waals surface area contributed by atoms with E-state index in [1.54, 1.807) is 30.3 Å². The summed E-state index contributed by atoms with van der Waals surface area (Å²) in [4.78, 5) is 0. The molecule has 0 spiro atoms. The number of aliphatic hydroxyl groups is 2. The number of hydrogen-bond donors (Lipinski definition) is 2. The van der Waals surface area contributed by atoms with E-state index in [2.05, 4.69) is 11.8 Å². The van der Waals surface area contributed by atoms with Crippen LogP contribution in [0.5, 0.6) is 23.0 Å². The zero-order chi connectivity index (χ0) is 17.3. The molecule has 2 N–H and O–H groups in total. The maximum atomic E-state index is 10.6. The third kappa shape index (κ3) is 3.20. The molecule has 2 aliphatic rings. The minimum absolute atomic E-state index is 0.164. The second kappa shape index (κ2) is 6.20. The molecule has 1 atom stereocenters. The van der Waals surface area contributed by atoms with E-state index >= 15 is 0 Å². The van der Waals surface area contributed by atoms with E-state index < -0.39 is 12.2 Å². The molecule has 0 aromatic heterocycles. The molecule has 0 radical (unpaired) electrons. The molecule has 0 saturated carbocycles. The Kier molecular flexibility index (Phi) is 3.88. The van der Waals surface area contributed by atoms with Crippen LogP contribution < -0.4 is 18.9 Å². The van der Waals surface area contributed by atoms with Gasteiger partial charge in [0, 0.05) is 12.0 Å². The second-order valence-electron chi connectivity index (χ2n) is 5.87. The third-order valence-corrected chi connectivity index (χ3v) is 4.01. The van der Waals surface area contributed by atoms with Crippen molar-refractivity contribution in [1.82, 2.24) is 0 Å². The third-order valence-electron chi connectivity index (χ3n) is 4.01. The summed E-state index contributed by atoms with van der Waals surface area (Å²) in [6.45, 7) is -0.108. The summed E-state index contributed by atoms with van der Waals surface area (Å²) in [5.41, 5.74) is -0.105. The zero-order valence-electron chi connectivity index (χ0n) is 13.3. The SMILES string of the molecule is OCC(O)(C#Cc1ccc2c(c1)OCO2)Cc1ccc2c(c1)OCO2. The molecular formula is C19H16O6. The van der Waals surface area contributed by atoms with Gasteiger partial charge in [-0.25, -0.2) is 0 Å². The van der Waals surface area contributed by atoms with E-state index in [-0.39, 0.29) is 20.0 Å². The van der Waals surface area contributed by atoms with Crippen LogP contribution >= 0.6 is 0 Å². The van der Waals surface area contributed by atoms with Gasteiger partial charge < -0.3 is 29.2 Å². The predicted octanol–water partition coefficient (Wildman–Crippen LogP) is 1.46. The fraction of sp³-hybridized carbons (Fsp3) is 0.263. The van der Waals surface area contributed by atoms with Gasteiger partial charge in [0.15, 0.2) is 28.6 Å². The summed E-state index contributed by atoms with van der Waals surface area (Å²) in [6.07, 6.45) is 0.164. The van der Waals surface area contributed by atoms with Crippen LogP contribution in [0.15, 0.2) is 36.4 Å². The largest absolute Gasteiger partial charge is 0.454 e. The van der Waals surface area contributed by atoms with Crippen LogP contribution in [0.3, 0.4) is 0 Å². The van der Waals surface area contributed by atoms with E-state index in [0.717, 1.165) is 5.56 Å². The lowest BCUT2D eigenvalue weighted by atomic mass is 9.95. The van der Waals surface area contributed by atoms with Gasteiger partial charge in [-0.3, -0.25) is 0 Å². The van der Waals surface area contributed by atoms with Gasteiger partial charge in [0.05, 0.1) is 6.61 Å². The van der Waals surface area contributed by atoms with Crippen LogP contribution in [0.25, 0.3) is 0 Å². The standard InChI is InChI=1S/C19H16O6/c20-10-19(21,9-14-2-4-16-18(8-14)25-12-23-16)6-5-13-1-3-15-17(7-13)24-11-22-15/h1-4,7-8,20-21H,9-12H2. The van der Waals surface area contributed by atoms with Crippen molar-refractivity contribution in [2.24, 2.45) is 0 Å². The van der Waals surface area contributed by atoms with Crippen LogP contribution in [-0.4, -0.2) is 36.0 Å². The monoisotopic (exact) mass is 340 g/mol. The molecule has 6 nitrogen and oxygen atoms in total. The molecule has 6 heteroatoms. The normalized spacial score (nSPS) is 16.1. The fourth-order valence-corrected chi connectivity index (χ4v) is 2.69. The number of fused-ring (bicyclic) bond motifs is 2. The van der Waals surface area contributed by atoms with Crippen molar-refractivity contribution < 1.29 is 29.2 Å². The van der Waals surface area contributed by atoms with E-state index in [1.807, 2.05) is 6.07 Å². The Morgan fingerprint density at radius 1 is 0.880 bits per heavy atom. The average Bonchev–Trinajstić information content (AvgIpc) is 3.28. The highest BCUT2D eigenvalue weighted by Crippen LogP contribution is 2.34. The molecular weight excluding hydrogens is 324 g/mol. The topological polar surface area (TPSA) is 77.4 Å². The summed E-state index contributed by atoms with van der Waals surface area (Å²) >= 11 is 0. The molecule has 2 aromatic rings. The number of aliphatic hydroxyl groups excluding tert-OH is 1. The summed E-state index contributed by atoms with van der Waals surface area (Å²) in [7, 11) is 0. The number of benzene rings is 2. The van der Waals surface area contributed by atoms with Gasteiger partial charge in [0.1, 0.15) is 0 Å². The summed E-state index contributed by atoms with van der Waals surface area (Å²) in [5.74, 6) is 8.23. The van der Waals surface area contributed by atoms with Gasteiger partial charge in [0.2, 0.25) is 13.6 Å². The van der Waals surface area contributed by atoms with Gasteiger partial charge in [-0.05, 0) is 35.9 Å². The molecule has 2 heterocycles. The summed E-state index contributed by atoms with van der Waals surface area (Å²) < 4.78 is 21.2. The molecule has 128 valence electrons. The predicted molar refractivity (Wildman–Crippen MR) is 87.7 cm³/mol. The Morgan fingerprint density at radius 2 is 1.52 bits per heavy atom. The first-order chi connectivity index (χ1) is 12.1. The Hall–Kier alpha value is -2.88. The quantitative estimate of drug-likeness (QED) is 0.824. The molecule has 0 aliphatic carbocycles. The molecule has 2 aromatic carbocycles. The van der Waals surface area contributed by atoms with Crippen molar-refractivity contribution in [3.05, 3.63) is 47.5 Å². The lowest BCUT2D eigenvalue weighted by molar-refractivity contribution is 0.0362. The molecule has 25 heavy (non-hydrogen) atoms. The highest BCUT2D eigenvalue weighted by atomic mass is 16.7. The highest BCUT2D eigenvalue weighted by Gasteiger charge is 2.25. The van der Waals surface area contributed by atoms with Crippen molar-refractivity contribution in [3.63, 3.8) is 0 Å². The van der Waals surface area contributed by atoms with Gasteiger partial charge in [-0.2, -0.15) is 0 Å². The number of rotatable bonds is 3. The Bertz CT molecular complexity index is 866. The maximum Gasteiger partial charge on any atom is 0.231 e. The minimum Gasteiger partial charge on any atom is -0.454 e. The molecule has 1 unspecified atom stereocenters. The first kappa shape index (κ1) is 15.6. The van der Waals surface area contributed by atoms with Crippen molar-refractivity contribution >= 4 is 0 Å². The molecule has 2 aliphatic heterocycles. The van der Waals surface area contributed by atoms with Gasteiger partial charge in [0.25, 0.3) is 0 Å². The number of hydrogen-bond acceptors (Lipinski definition) is 6. The van der Waals surface area contributed by atoms with Crippen LogP contribution in [0.4, 0.5) is 0 Å². The van der Waals surface area contributed by atoms with Crippen LogP contribution in [0.2, 0.25) is 0 Å². The Labute approximate surface area is 144 Å². The molecule has 0 bridgehead atoms. The van der Waals surface area contributed by atoms with E-state index in [4.69, 9.17) is 18.9 Å². The molecule has 4 rings (SSSR count). The summed E-state index contributed by atoms with van der Waals surface area (Å²) in [6, 6.07) is 10.7. The van der Waals surface area contributed by atoms with Crippen LogP contribution in [0.1, 0.15) is 11.1 Å². The zero-order valence-corrected chi connectivity index (χ0v) is 13.3. The lowest BCUT2D eigenvalue weighted by Crippen LogP contribution is -2.34. The van der Waals surface area contributed by atoms with E-state index in [9.17, 15) is 10.2 Å². The highest BCUT2D eigenvalue weighted by molar-refractivity contribution is 5.50. The summed E-state index contributed by atoms with van der Waals surface area (Å²) in [5, 5.41) is 20.2. The van der Waals surface area contributed by atoms with E-state index in [0.29, 0.717) is 28.6 Å². The maximum absolute atomic E-state index is 10.6. The van der Waals surface area contributed by atoms with Gasteiger partial charge in [-0.1, -0.05) is 17.9 Å². The minimum atomic E-state index is -1.57. The van der Waals surface area contributed by atoms with Crippen molar-refractivity contribution in [3.8, 4) is 34.8 Å². The lowest BCUT2D eigenvalue weighted by Gasteiger charge is -2.19. The Balaban J connectivity index is 1.55. The first-order valence-corrected chi connectivity index (χ1v) is 7.80. The Morgan fingerprint density at radius 3 is 2.24 bits per heavy atom.